The predicted octanol–water partition coefficient (Wildman–Crippen LogP) is 2.10. The van der Waals surface area contributed by atoms with Gasteiger partial charge in [0, 0.05) is 18.5 Å². The highest BCUT2D eigenvalue weighted by Gasteiger charge is 2.13. The third kappa shape index (κ3) is 1.70. The number of terminal acetylenes is 1. The fourth-order valence-corrected chi connectivity index (χ4v) is 2.51. The average molecular weight is 238 g/mol. The number of rotatable bonds is 0. The third-order valence-corrected chi connectivity index (χ3v) is 3.48. The lowest BCUT2D eigenvalue weighted by Crippen LogP contribution is -2.24. The van der Waals surface area contributed by atoms with Gasteiger partial charge in [0.2, 0.25) is 0 Å². The largest absolute Gasteiger partial charge is 0.296 e. The number of aromatic nitrogens is 2. The lowest BCUT2D eigenvalue weighted by Gasteiger charge is -2.09. The smallest absolute Gasteiger partial charge is 0.261 e. The Labute approximate surface area is 105 Å². The highest BCUT2D eigenvalue weighted by molar-refractivity contribution is 5.79. The van der Waals surface area contributed by atoms with Gasteiger partial charge in [0.05, 0.1) is 10.9 Å². The highest BCUT2D eigenvalue weighted by atomic mass is 16.1. The van der Waals surface area contributed by atoms with Gasteiger partial charge in [0.1, 0.15) is 5.82 Å². The molecule has 2 heterocycles. The fourth-order valence-electron chi connectivity index (χ4n) is 2.51. The zero-order valence-electron chi connectivity index (χ0n) is 10.1. The van der Waals surface area contributed by atoms with E-state index in [1.165, 1.54) is 0 Å². The Morgan fingerprint density at radius 1 is 1.28 bits per heavy atom. The van der Waals surface area contributed by atoms with E-state index in [0.717, 1.165) is 49.1 Å². The van der Waals surface area contributed by atoms with Crippen molar-refractivity contribution in [3.63, 3.8) is 0 Å². The lowest BCUT2D eigenvalue weighted by atomic mass is 10.1. The van der Waals surface area contributed by atoms with E-state index in [2.05, 4.69) is 10.9 Å². The Morgan fingerprint density at radius 3 is 3.00 bits per heavy atom. The molecule has 3 heteroatoms. The van der Waals surface area contributed by atoms with Crippen molar-refractivity contribution in [3.8, 4) is 12.3 Å². The van der Waals surface area contributed by atoms with Gasteiger partial charge in [-0.05, 0) is 31.0 Å². The standard InChI is InChI=1S/C15H14N2O/c1-2-11-7-8-12-13(10-11)16-14-6-4-3-5-9-17(14)15(12)18/h1,7-8,10H,3-6,9H2. The molecule has 0 atom stereocenters. The molecule has 1 aliphatic heterocycles. The second-order valence-corrected chi connectivity index (χ2v) is 4.67. The minimum absolute atomic E-state index is 0.0699. The number of fused-ring (bicyclic) bond motifs is 2. The predicted molar refractivity (Wildman–Crippen MR) is 71.5 cm³/mol. The zero-order chi connectivity index (χ0) is 12.5. The second-order valence-electron chi connectivity index (χ2n) is 4.67. The molecule has 1 aromatic carbocycles. The van der Waals surface area contributed by atoms with E-state index in [4.69, 9.17) is 6.42 Å². The Kier molecular flexibility index (Phi) is 2.64. The van der Waals surface area contributed by atoms with Gasteiger partial charge >= 0.3 is 0 Å². The minimum Gasteiger partial charge on any atom is -0.296 e. The molecule has 3 nitrogen and oxygen atoms in total. The van der Waals surface area contributed by atoms with Crippen LogP contribution in [0.2, 0.25) is 0 Å². The van der Waals surface area contributed by atoms with Crippen LogP contribution in [-0.4, -0.2) is 9.55 Å². The van der Waals surface area contributed by atoms with Gasteiger partial charge in [-0.15, -0.1) is 6.42 Å². The summed E-state index contributed by atoms with van der Waals surface area (Å²) in [5.74, 6) is 3.48. The molecular formula is C15H14N2O. The summed E-state index contributed by atoms with van der Waals surface area (Å²) in [5.41, 5.74) is 1.57. The van der Waals surface area contributed by atoms with Crippen LogP contribution in [0.4, 0.5) is 0 Å². The first-order valence-corrected chi connectivity index (χ1v) is 6.30. The molecule has 90 valence electrons. The van der Waals surface area contributed by atoms with Crippen molar-refractivity contribution in [3.05, 3.63) is 39.9 Å². The molecule has 0 saturated heterocycles. The van der Waals surface area contributed by atoms with Gasteiger partial charge in [0.15, 0.2) is 0 Å². The number of benzene rings is 1. The van der Waals surface area contributed by atoms with Crippen molar-refractivity contribution < 1.29 is 0 Å². The molecule has 3 rings (SSSR count). The Bertz CT molecular complexity index is 707. The van der Waals surface area contributed by atoms with Gasteiger partial charge in [0.25, 0.3) is 5.56 Å². The van der Waals surface area contributed by atoms with Crippen molar-refractivity contribution in [2.45, 2.75) is 32.2 Å². The molecule has 0 unspecified atom stereocenters. The topological polar surface area (TPSA) is 34.9 Å². The quantitative estimate of drug-likeness (QED) is 0.659. The Balaban J connectivity index is 2.32. The van der Waals surface area contributed by atoms with E-state index < -0.39 is 0 Å². The molecule has 0 N–H and O–H groups in total. The molecule has 2 aromatic rings. The number of nitrogens with zero attached hydrogens (tertiary/aromatic N) is 2. The van der Waals surface area contributed by atoms with Gasteiger partial charge in [-0.1, -0.05) is 12.3 Å². The van der Waals surface area contributed by atoms with Crippen LogP contribution in [-0.2, 0) is 13.0 Å². The van der Waals surface area contributed by atoms with Crippen molar-refractivity contribution >= 4 is 10.9 Å². The zero-order valence-corrected chi connectivity index (χ0v) is 10.1. The monoisotopic (exact) mass is 238 g/mol. The van der Waals surface area contributed by atoms with E-state index in [0.29, 0.717) is 5.39 Å². The molecule has 18 heavy (non-hydrogen) atoms. The molecule has 0 fully saturated rings. The Morgan fingerprint density at radius 2 is 2.17 bits per heavy atom. The summed E-state index contributed by atoms with van der Waals surface area (Å²) in [7, 11) is 0. The summed E-state index contributed by atoms with van der Waals surface area (Å²) in [5, 5.41) is 0.666. The highest BCUT2D eigenvalue weighted by Crippen LogP contribution is 2.15. The lowest BCUT2D eigenvalue weighted by molar-refractivity contribution is 0.614. The van der Waals surface area contributed by atoms with Crippen LogP contribution in [0.15, 0.2) is 23.0 Å². The van der Waals surface area contributed by atoms with Gasteiger partial charge in [-0.2, -0.15) is 0 Å². The van der Waals surface area contributed by atoms with Crippen LogP contribution < -0.4 is 5.56 Å². The van der Waals surface area contributed by atoms with Crippen molar-refractivity contribution in [2.75, 3.05) is 0 Å². The summed E-state index contributed by atoms with van der Waals surface area (Å²) >= 11 is 0. The average Bonchev–Trinajstić information content (AvgIpc) is 2.63. The maximum Gasteiger partial charge on any atom is 0.261 e. The number of hydrogen-bond acceptors (Lipinski definition) is 2. The van der Waals surface area contributed by atoms with Crippen LogP contribution >= 0.6 is 0 Å². The van der Waals surface area contributed by atoms with Gasteiger partial charge in [-0.25, -0.2) is 4.98 Å². The van der Waals surface area contributed by atoms with Crippen LogP contribution in [0.3, 0.4) is 0 Å². The summed E-state index contributed by atoms with van der Waals surface area (Å²) < 4.78 is 1.82. The summed E-state index contributed by atoms with van der Waals surface area (Å²) in [6.07, 6.45) is 9.58. The van der Waals surface area contributed by atoms with Crippen molar-refractivity contribution in [1.82, 2.24) is 9.55 Å². The summed E-state index contributed by atoms with van der Waals surface area (Å²) in [6, 6.07) is 5.41. The molecule has 0 saturated carbocycles. The molecule has 1 aliphatic rings. The van der Waals surface area contributed by atoms with Crippen LogP contribution in [0.5, 0.6) is 0 Å². The van der Waals surface area contributed by atoms with Crippen LogP contribution in [0, 0.1) is 12.3 Å². The number of aryl methyl sites for hydroxylation is 1. The van der Waals surface area contributed by atoms with Crippen LogP contribution in [0.25, 0.3) is 10.9 Å². The SMILES string of the molecule is C#Cc1ccc2c(=O)n3c(nc2c1)CCCCC3. The molecule has 0 spiro atoms. The van der Waals surface area contributed by atoms with Crippen molar-refractivity contribution in [1.29, 1.82) is 0 Å². The normalized spacial score (nSPS) is 14.8. The maximum atomic E-state index is 12.4. The van der Waals surface area contributed by atoms with Gasteiger partial charge in [-0.3, -0.25) is 9.36 Å². The third-order valence-electron chi connectivity index (χ3n) is 3.48. The first kappa shape index (κ1) is 11.0. The molecule has 0 bridgehead atoms. The summed E-state index contributed by atoms with van der Waals surface area (Å²) in [6.45, 7) is 0.786. The summed E-state index contributed by atoms with van der Waals surface area (Å²) in [4.78, 5) is 17.0. The van der Waals surface area contributed by atoms with E-state index in [1.807, 2.05) is 10.6 Å². The molecular weight excluding hydrogens is 224 g/mol. The maximum absolute atomic E-state index is 12.4. The van der Waals surface area contributed by atoms with E-state index in [-0.39, 0.29) is 5.56 Å². The molecule has 1 aromatic heterocycles. The molecule has 0 amide bonds. The Hall–Kier alpha value is -2.08. The first-order chi connectivity index (χ1) is 8.79. The minimum atomic E-state index is 0.0699. The van der Waals surface area contributed by atoms with E-state index >= 15 is 0 Å². The number of hydrogen-bond donors (Lipinski definition) is 0. The van der Waals surface area contributed by atoms with Crippen LogP contribution in [0.1, 0.15) is 30.7 Å². The van der Waals surface area contributed by atoms with Gasteiger partial charge < -0.3 is 0 Å². The fraction of sp³-hybridized carbons (Fsp3) is 0.333. The first-order valence-electron chi connectivity index (χ1n) is 6.30. The van der Waals surface area contributed by atoms with E-state index in [1.54, 1.807) is 12.1 Å². The molecule has 0 aliphatic carbocycles. The van der Waals surface area contributed by atoms with E-state index in [9.17, 15) is 4.79 Å². The molecule has 0 radical (unpaired) electrons. The van der Waals surface area contributed by atoms with Crippen molar-refractivity contribution in [2.24, 2.45) is 0 Å². The second kappa shape index (κ2) is 4.30.